The Hall–Kier alpha value is -3.10. The van der Waals surface area contributed by atoms with Gasteiger partial charge in [-0.3, -0.25) is 4.79 Å². The quantitative estimate of drug-likeness (QED) is 0.582. The van der Waals surface area contributed by atoms with E-state index in [4.69, 9.17) is 10.7 Å². The fraction of sp³-hybridized carbons (Fsp3) is 0.348. The number of fused-ring (bicyclic) bond motifs is 1. The molecule has 0 radical (unpaired) electrons. The summed E-state index contributed by atoms with van der Waals surface area (Å²) in [6, 6.07) is 9.27. The average Bonchev–Trinajstić information content (AvgIpc) is 2.75. The number of primary amides is 1. The van der Waals surface area contributed by atoms with Crippen molar-refractivity contribution < 1.29 is 14.3 Å². The van der Waals surface area contributed by atoms with Crippen LogP contribution in [0.2, 0.25) is 0 Å². The summed E-state index contributed by atoms with van der Waals surface area (Å²) in [6.45, 7) is 3.72. The second-order valence-electron chi connectivity index (χ2n) is 8.37. The molecule has 0 spiro atoms. The highest BCUT2D eigenvalue weighted by atomic mass is 19.1. The van der Waals surface area contributed by atoms with Crippen molar-refractivity contribution in [2.45, 2.75) is 25.4 Å². The molecule has 0 saturated carbocycles. The van der Waals surface area contributed by atoms with Crippen LogP contribution in [-0.2, 0) is 5.60 Å². The maximum atomic E-state index is 14.2. The molecule has 2 aromatic heterocycles. The van der Waals surface area contributed by atoms with Crippen LogP contribution in [0.3, 0.4) is 0 Å². The zero-order chi connectivity index (χ0) is 22.2. The first-order valence-electron chi connectivity index (χ1n) is 10.3. The molecule has 1 saturated heterocycles. The molecule has 8 heteroatoms. The van der Waals surface area contributed by atoms with Gasteiger partial charge < -0.3 is 21.1 Å². The molecule has 31 heavy (non-hydrogen) atoms. The fourth-order valence-corrected chi connectivity index (χ4v) is 4.06. The van der Waals surface area contributed by atoms with Crippen LogP contribution in [0.4, 0.5) is 15.9 Å². The Kier molecular flexibility index (Phi) is 5.60. The van der Waals surface area contributed by atoms with Gasteiger partial charge in [0.1, 0.15) is 17.2 Å². The molecule has 1 amide bonds. The SMILES string of the molecule is CN1CCC(C(C)(O)c2ccc3cnc(Nc4cc(C(N)=O)ccc4F)cc3n2)CC1. The number of nitrogens with two attached hydrogens (primary N) is 1. The van der Waals surface area contributed by atoms with Crippen LogP contribution in [0, 0.1) is 11.7 Å². The molecule has 3 aromatic rings. The minimum absolute atomic E-state index is 0.0950. The third-order valence-corrected chi connectivity index (χ3v) is 6.12. The monoisotopic (exact) mass is 423 g/mol. The van der Waals surface area contributed by atoms with Gasteiger partial charge in [0, 0.05) is 23.2 Å². The number of anilines is 2. The lowest BCUT2D eigenvalue weighted by molar-refractivity contribution is -0.0334. The number of aromatic nitrogens is 2. The molecule has 1 atom stereocenters. The first kappa shape index (κ1) is 21.1. The normalized spacial score (nSPS) is 17.4. The van der Waals surface area contributed by atoms with Gasteiger partial charge in [0.15, 0.2) is 0 Å². The van der Waals surface area contributed by atoms with Gasteiger partial charge in [0.05, 0.1) is 16.9 Å². The number of pyridine rings is 2. The minimum atomic E-state index is -1.05. The summed E-state index contributed by atoms with van der Waals surface area (Å²) in [5.41, 5.74) is 5.77. The number of amides is 1. The zero-order valence-corrected chi connectivity index (χ0v) is 17.6. The zero-order valence-electron chi connectivity index (χ0n) is 17.6. The number of hydrogen-bond donors (Lipinski definition) is 3. The number of benzene rings is 1. The summed E-state index contributed by atoms with van der Waals surface area (Å²) < 4.78 is 14.2. The molecule has 1 aliphatic heterocycles. The molecule has 1 unspecified atom stereocenters. The van der Waals surface area contributed by atoms with Crippen LogP contribution in [0.25, 0.3) is 10.9 Å². The van der Waals surface area contributed by atoms with Crippen LogP contribution in [0.5, 0.6) is 0 Å². The number of carbonyl (C=O) groups excluding carboxylic acids is 1. The number of hydrogen-bond acceptors (Lipinski definition) is 6. The van der Waals surface area contributed by atoms with E-state index in [0.29, 0.717) is 17.0 Å². The van der Waals surface area contributed by atoms with Crippen LogP contribution in [-0.4, -0.2) is 46.0 Å². The number of piperidine rings is 1. The topological polar surface area (TPSA) is 104 Å². The number of nitrogens with zero attached hydrogens (tertiary/aromatic N) is 3. The smallest absolute Gasteiger partial charge is 0.248 e. The Morgan fingerprint density at radius 3 is 2.71 bits per heavy atom. The molecule has 1 fully saturated rings. The third kappa shape index (κ3) is 4.35. The molecule has 4 rings (SSSR count). The van der Waals surface area contributed by atoms with Crippen molar-refractivity contribution in [1.82, 2.24) is 14.9 Å². The van der Waals surface area contributed by atoms with E-state index >= 15 is 0 Å². The average molecular weight is 423 g/mol. The molecule has 7 nitrogen and oxygen atoms in total. The number of halogens is 1. The summed E-state index contributed by atoms with van der Waals surface area (Å²) in [6.07, 6.45) is 3.44. The van der Waals surface area contributed by atoms with Gasteiger partial charge in [-0.15, -0.1) is 0 Å². The molecule has 0 bridgehead atoms. The van der Waals surface area contributed by atoms with Gasteiger partial charge in [-0.2, -0.15) is 0 Å². The lowest BCUT2D eigenvalue weighted by Gasteiger charge is -2.38. The highest BCUT2D eigenvalue weighted by molar-refractivity contribution is 5.94. The van der Waals surface area contributed by atoms with Crippen molar-refractivity contribution in [2.24, 2.45) is 11.7 Å². The molecule has 162 valence electrons. The summed E-state index contributed by atoms with van der Waals surface area (Å²) in [7, 11) is 2.09. The Morgan fingerprint density at radius 2 is 2.00 bits per heavy atom. The Labute approximate surface area is 180 Å². The van der Waals surface area contributed by atoms with Gasteiger partial charge in [0.25, 0.3) is 0 Å². The molecule has 3 heterocycles. The van der Waals surface area contributed by atoms with E-state index in [1.807, 2.05) is 19.1 Å². The van der Waals surface area contributed by atoms with E-state index in [-0.39, 0.29) is 17.2 Å². The van der Waals surface area contributed by atoms with E-state index in [1.54, 1.807) is 12.3 Å². The predicted molar refractivity (Wildman–Crippen MR) is 118 cm³/mol. The third-order valence-electron chi connectivity index (χ3n) is 6.12. The van der Waals surface area contributed by atoms with Crippen molar-refractivity contribution >= 4 is 28.3 Å². The van der Waals surface area contributed by atoms with Crippen LogP contribution >= 0.6 is 0 Å². The second kappa shape index (κ2) is 8.20. The first-order valence-corrected chi connectivity index (χ1v) is 10.3. The van der Waals surface area contributed by atoms with E-state index in [0.717, 1.165) is 31.3 Å². The minimum Gasteiger partial charge on any atom is -0.384 e. The van der Waals surface area contributed by atoms with Gasteiger partial charge in [0.2, 0.25) is 5.91 Å². The number of aliphatic hydroxyl groups is 1. The van der Waals surface area contributed by atoms with E-state index < -0.39 is 17.3 Å². The van der Waals surface area contributed by atoms with E-state index in [9.17, 15) is 14.3 Å². The molecule has 4 N–H and O–H groups in total. The number of rotatable bonds is 5. The Bertz CT molecular complexity index is 1130. The maximum Gasteiger partial charge on any atom is 0.248 e. The molecule has 1 aromatic carbocycles. The van der Waals surface area contributed by atoms with Crippen LogP contribution in [0.15, 0.2) is 42.6 Å². The number of nitrogens with one attached hydrogen (secondary N) is 1. The van der Waals surface area contributed by atoms with E-state index in [1.165, 1.54) is 18.2 Å². The largest absolute Gasteiger partial charge is 0.384 e. The van der Waals surface area contributed by atoms with Crippen LogP contribution < -0.4 is 11.1 Å². The van der Waals surface area contributed by atoms with Gasteiger partial charge in [-0.25, -0.2) is 14.4 Å². The van der Waals surface area contributed by atoms with Crippen molar-refractivity contribution in [3.8, 4) is 0 Å². The Balaban J connectivity index is 1.63. The standard InChI is InChI=1S/C23H26FN5O2/c1-23(31,16-7-9-29(2)10-8-16)20-6-4-15-13-26-21(12-18(15)27-20)28-19-11-14(22(25)30)3-5-17(19)24/h3-6,11-13,16,31H,7-10H2,1-2H3,(H2,25,30)(H,26,28). The number of carbonyl (C=O) groups is 1. The van der Waals surface area contributed by atoms with Crippen molar-refractivity contribution in [3.63, 3.8) is 0 Å². The highest BCUT2D eigenvalue weighted by Gasteiger charge is 2.36. The van der Waals surface area contributed by atoms with Crippen LogP contribution in [0.1, 0.15) is 35.8 Å². The summed E-state index contributed by atoms with van der Waals surface area (Å²) in [5, 5.41) is 15.0. The molecular weight excluding hydrogens is 397 g/mol. The van der Waals surface area contributed by atoms with Gasteiger partial charge >= 0.3 is 0 Å². The van der Waals surface area contributed by atoms with E-state index in [2.05, 4.69) is 22.2 Å². The fourth-order valence-electron chi connectivity index (χ4n) is 4.06. The van der Waals surface area contributed by atoms with Crippen molar-refractivity contribution in [1.29, 1.82) is 0 Å². The first-order chi connectivity index (χ1) is 14.7. The van der Waals surface area contributed by atoms with Gasteiger partial charge in [-0.05, 0) is 76.2 Å². The van der Waals surface area contributed by atoms with Crippen molar-refractivity contribution in [3.05, 3.63) is 59.7 Å². The highest BCUT2D eigenvalue weighted by Crippen LogP contribution is 2.36. The van der Waals surface area contributed by atoms with Crippen molar-refractivity contribution in [2.75, 3.05) is 25.5 Å². The molecule has 0 aliphatic carbocycles. The lowest BCUT2D eigenvalue weighted by Crippen LogP contribution is -2.41. The maximum absolute atomic E-state index is 14.2. The lowest BCUT2D eigenvalue weighted by atomic mass is 9.79. The second-order valence-corrected chi connectivity index (χ2v) is 8.37. The molecular formula is C23H26FN5O2. The Morgan fingerprint density at radius 1 is 1.26 bits per heavy atom. The number of likely N-dealkylation sites (tertiary alicyclic amines) is 1. The predicted octanol–water partition coefficient (Wildman–Crippen LogP) is 3.16. The van der Waals surface area contributed by atoms with Gasteiger partial charge in [-0.1, -0.05) is 0 Å². The molecule has 1 aliphatic rings. The summed E-state index contributed by atoms with van der Waals surface area (Å²) in [5.74, 6) is -0.675. The summed E-state index contributed by atoms with van der Waals surface area (Å²) >= 11 is 0. The summed E-state index contributed by atoms with van der Waals surface area (Å²) in [4.78, 5) is 22.7.